The molecular formula is C25H28N4O5S. The van der Waals surface area contributed by atoms with E-state index < -0.39 is 17.9 Å². The van der Waals surface area contributed by atoms with Crippen LogP contribution in [-0.4, -0.2) is 48.1 Å². The second-order valence-corrected chi connectivity index (χ2v) is 8.66. The summed E-state index contributed by atoms with van der Waals surface area (Å²) in [6, 6.07) is 12.3. The number of aryl methyl sites for hydroxylation is 1. The van der Waals surface area contributed by atoms with Crippen molar-refractivity contribution in [2.24, 2.45) is 0 Å². The van der Waals surface area contributed by atoms with Crippen molar-refractivity contribution in [3.05, 3.63) is 71.2 Å². The molecule has 9 nitrogen and oxygen atoms in total. The third-order valence-electron chi connectivity index (χ3n) is 5.15. The summed E-state index contributed by atoms with van der Waals surface area (Å²) in [7, 11) is 1.53. The van der Waals surface area contributed by atoms with Crippen LogP contribution >= 0.6 is 11.3 Å². The van der Waals surface area contributed by atoms with Crippen molar-refractivity contribution in [3.63, 3.8) is 0 Å². The fraction of sp³-hybridized carbons (Fsp3) is 0.280. The molecule has 1 aromatic heterocycles. The monoisotopic (exact) mass is 496 g/mol. The Morgan fingerprint density at radius 2 is 1.80 bits per heavy atom. The molecule has 1 atom stereocenters. The van der Waals surface area contributed by atoms with E-state index in [0.717, 1.165) is 5.56 Å². The summed E-state index contributed by atoms with van der Waals surface area (Å²) in [5.74, 6) is -1.11. The summed E-state index contributed by atoms with van der Waals surface area (Å²) < 4.78 is 5.03. The predicted octanol–water partition coefficient (Wildman–Crippen LogP) is 3.41. The molecule has 0 aliphatic heterocycles. The SMILES string of the molecule is COCCNC(=O)[C@@H](c1ccc(O)cc1)N(C(=O)CCC(=O)Nc1nccs1)c1ccc(C)cc1. The van der Waals surface area contributed by atoms with E-state index in [2.05, 4.69) is 15.6 Å². The molecule has 10 heteroatoms. The summed E-state index contributed by atoms with van der Waals surface area (Å²) >= 11 is 1.28. The highest BCUT2D eigenvalue weighted by molar-refractivity contribution is 7.13. The van der Waals surface area contributed by atoms with E-state index in [0.29, 0.717) is 23.0 Å². The van der Waals surface area contributed by atoms with Gasteiger partial charge in [-0.05, 0) is 36.8 Å². The van der Waals surface area contributed by atoms with Crippen LogP contribution in [-0.2, 0) is 19.1 Å². The van der Waals surface area contributed by atoms with Gasteiger partial charge in [-0.2, -0.15) is 0 Å². The molecule has 0 bridgehead atoms. The molecule has 35 heavy (non-hydrogen) atoms. The third kappa shape index (κ3) is 7.36. The Kier molecular flexibility index (Phi) is 9.33. The molecule has 0 aliphatic carbocycles. The number of methoxy groups -OCH3 is 1. The first kappa shape index (κ1) is 25.9. The van der Waals surface area contributed by atoms with Crippen LogP contribution < -0.4 is 15.5 Å². The Balaban J connectivity index is 1.90. The number of aromatic nitrogens is 1. The summed E-state index contributed by atoms with van der Waals surface area (Å²) in [5, 5.41) is 17.4. The van der Waals surface area contributed by atoms with Gasteiger partial charge in [0.15, 0.2) is 5.13 Å². The second-order valence-electron chi connectivity index (χ2n) is 7.76. The topological polar surface area (TPSA) is 121 Å². The van der Waals surface area contributed by atoms with E-state index in [4.69, 9.17) is 4.74 Å². The summed E-state index contributed by atoms with van der Waals surface area (Å²) in [6.07, 6.45) is 1.38. The molecule has 0 spiro atoms. The molecule has 3 aromatic rings. The lowest BCUT2D eigenvalue weighted by molar-refractivity contribution is -0.127. The lowest BCUT2D eigenvalue weighted by atomic mass is 10.0. The number of nitrogens with one attached hydrogen (secondary N) is 2. The van der Waals surface area contributed by atoms with Gasteiger partial charge in [0, 0.05) is 43.8 Å². The second kappa shape index (κ2) is 12.6. The van der Waals surface area contributed by atoms with E-state index in [1.165, 1.54) is 35.5 Å². The molecule has 0 saturated carbocycles. The number of phenolic OH excluding ortho intramolecular Hbond substituents is 1. The van der Waals surface area contributed by atoms with Crippen molar-refractivity contribution >= 4 is 39.9 Å². The zero-order chi connectivity index (χ0) is 25.2. The van der Waals surface area contributed by atoms with Crippen molar-refractivity contribution in [3.8, 4) is 5.75 Å². The molecule has 0 aliphatic rings. The van der Waals surface area contributed by atoms with Crippen LogP contribution in [0.3, 0.4) is 0 Å². The highest BCUT2D eigenvalue weighted by atomic mass is 32.1. The predicted molar refractivity (Wildman–Crippen MR) is 134 cm³/mol. The molecule has 3 rings (SSSR count). The number of benzene rings is 2. The minimum atomic E-state index is -1.02. The number of phenols is 1. The van der Waals surface area contributed by atoms with Gasteiger partial charge in [-0.1, -0.05) is 29.8 Å². The summed E-state index contributed by atoms with van der Waals surface area (Å²) in [5.41, 5.74) is 2.02. The van der Waals surface area contributed by atoms with Crippen molar-refractivity contribution in [2.75, 3.05) is 30.5 Å². The lowest BCUT2D eigenvalue weighted by Gasteiger charge is -2.31. The van der Waals surface area contributed by atoms with Crippen LogP contribution in [0.15, 0.2) is 60.1 Å². The van der Waals surface area contributed by atoms with Crippen LogP contribution in [0.25, 0.3) is 0 Å². The minimum absolute atomic E-state index is 0.0411. The Labute approximate surface area is 207 Å². The number of aromatic hydroxyl groups is 1. The molecule has 0 saturated heterocycles. The zero-order valence-electron chi connectivity index (χ0n) is 19.6. The maximum Gasteiger partial charge on any atom is 0.247 e. The number of carbonyl (C=O) groups is 3. The number of carbonyl (C=O) groups excluding carboxylic acids is 3. The van der Waals surface area contributed by atoms with Crippen LogP contribution in [0.4, 0.5) is 10.8 Å². The van der Waals surface area contributed by atoms with Gasteiger partial charge in [0.05, 0.1) is 6.61 Å². The first-order chi connectivity index (χ1) is 16.9. The quantitative estimate of drug-likeness (QED) is 0.350. The Hall–Kier alpha value is -3.76. The number of anilines is 2. The van der Waals surface area contributed by atoms with Gasteiger partial charge in [-0.15, -0.1) is 11.3 Å². The van der Waals surface area contributed by atoms with Crippen molar-refractivity contribution < 1.29 is 24.2 Å². The van der Waals surface area contributed by atoms with Gasteiger partial charge in [-0.25, -0.2) is 4.98 Å². The fourth-order valence-corrected chi connectivity index (χ4v) is 3.94. The van der Waals surface area contributed by atoms with Crippen LogP contribution in [0.1, 0.15) is 30.0 Å². The standard InChI is InChI=1S/C25H28N4O5S/c1-17-3-7-19(8-4-17)29(22(32)12-11-21(31)28-25-27-14-16-35-25)23(24(33)26-13-15-34-2)18-5-9-20(30)10-6-18/h3-10,14,16,23,30H,11-13,15H2,1-2H3,(H,26,33)(H,27,28,31)/t23-/m1/s1. The molecule has 2 aromatic carbocycles. The Morgan fingerprint density at radius 1 is 1.09 bits per heavy atom. The number of amides is 3. The first-order valence-electron chi connectivity index (χ1n) is 11.0. The number of ether oxygens (including phenoxy) is 1. The van der Waals surface area contributed by atoms with E-state index in [1.807, 2.05) is 19.1 Å². The number of hydrogen-bond donors (Lipinski definition) is 3. The number of rotatable bonds is 11. The van der Waals surface area contributed by atoms with Crippen molar-refractivity contribution in [1.82, 2.24) is 10.3 Å². The smallest absolute Gasteiger partial charge is 0.247 e. The summed E-state index contributed by atoms with van der Waals surface area (Å²) in [4.78, 5) is 44.6. The maximum atomic E-state index is 13.5. The number of thiazole rings is 1. The zero-order valence-corrected chi connectivity index (χ0v) is 20.4. The van der Waals surface area contributed by atoms with Crippen LogP contribution in [0.5, 0.6) is 5.75 Å². The molecule has 0 unspecified atom stereocenters. The molecule has 0 fully saturated rings. The van der Waals surface area contributed by atoms with E-state index in [-0.39, 0.29) is 31.0 Å². The van der Waals surface area contributed by atoms with Gasteiger partial charge >= 0.3 is 0 Å². The van der Waals surface area contributed by atoms with Gasteiger partial charge < -0.3 is 20.5 Å². The van der Waals surface area contributed by atoms with Crippen molar-refractivity contribution in [2.45, 2.75) is 25.8 Å². The normalized spacial score (nSPS) is 11.5. The van der Waals surface area contributed by atoms with Crippen LogP contribution in [0, 0.1) is 6.92 Å². The van der Waals surface area contributed by atoms with Crippen LogP contribution in [0.2, 0.25) is 0 Å². The largest absolute Gasteiger partial charge is 0.508 e. The number of nitrogens with zero attached hydrogens (tertiary/aromatic N) is 2. The van der Waals surface area contributed by atoms with Gasteiger partial charge in [0.25, 0.3) is 0 Å². The summed E-state index contributed by atoms with van der Waals surface area (Å²) in [6.45, 7) is 2.49. The average Bonchev–Trinajstić information content (AvgIpc) is 3.35. The minimum Gasteiger partial charge on any atom is -0.508 e. The Morgan fingerprint density at radius 3 is 2.43 bits per heavy atom. The molecule has 0 radical (unpaired) electrons. The van der Waals surface area contributed by atoms with Gasteiger partial charge in [0.1, 0.15) is 11.8 Å². The molecule has 3 N–H and O–H groups in total. The third-order valence-corrected chi connectivity index (χ3v) is 5.83. The van der Waals surface area contributed by atoms with Gasteiger partial charge in [0.2, 0.25) is 17.7 Å². The Bertz CT molecular complexity index is 1120. The maximum absolute atomic E-state index is 13.5. The molecule has 3 amide bonds. The first-order valence-corrected chi connectivity index (χ1v) is 11.9. The van der Waals surface area contributed by atoms with E-state index in [9.17, 15) is 19.5 Å². The van der Waals surface area contributed by atoms with Gasteiger partial charge in [-0.3, -0.25) is 19.3 Å². The number of hydrogen-bond acceptors (Lipinski definition) is 7. The average molecular weight is 497 g/mol. The van der Waals surface area contributed by atoms with E-state index in [1.54, 1.807) is 35.8 Å². The fourth-order valence-electron chi connectivity index (χ4n) is 3.40. The van der Waals surface area contributed by atoms with E-state index >= 15 is 0 Å². The highest BCUT2D eigenvalue weighted by Crippen LogP contribution is 2.30. The highest BCUT2D eigenvalue weighted by Gasteiger charge is 2.32. The lowest BCUT2D eigenvalue weighted by Crippen LogP contribution is -2.45. The molecule has 1 heterocycles. The van der Waals surface area contributed by atoms with Crippen molar-refractivity contribution in [1.29, 1.82) is 0 Å². The molecule has 184 valence electrons. The molecular weight excluding hydrogens is 468 g/mol.